The SMILES string of the molecule is O=C(COc1ccc(Cl)cc1Cl)N/N=C\c1cc(O)c(Br)cc1Br. The largest absolute Gasteiger partial charge is 0.507 e. The van der Waals surface area contributed by atoms with Gasteiger partial charge >= 0.3 is 0 Å². The highest BCUT2D eigenvalue weighted by atomic mass is 79.9. The van der Waals surface area contributed by atoms with Crippen LogP contribution in [0.15, 0.2) is 44.4 Å². The minimum atomic E-state index is -0.463. The number of rotatable bonds is 5. The highest BCUT2D eigenvalue weighted by Crippen LogP contribution is 2.29. The molecule has 2 rings (SSSR count). The number of hydrogen-bond acceptors (Lipinski definition) is 4. The zero-order chi connectivity index (χ0) is 17.7. The van der Waals surface area contributed by atoms with Crippen LogP contribution in [0.1, 0.15) is 5.56 Å². The Balaban J connectivity index is 1.90. The third-order valence-electron chi connectivity index (χ3n) is 2.71. The molecule has 2 N–H and O–H groups in total. The van der Waals surface area contributed by atoms with Crippen molar-refractivity contribution < 1.29 is 14.6 Å². The predicted octanol–water partition coefficient (Wildman–Crippen LogP) is 4.75. The Morgan fingerprint density at radius 3 is 2.71 bits per heavy atom. The molecule has 0 saturated heterocycles. The van der Waals surface area contributed by atoms with E-state index in [1.54, 1.807) is 18.2 Å². The first-order valence-electron chi connectivity index (χ1n) is 6.44. The summed E-state index contributed by atoms with van der Waals surface area (Å²) in [5, 5.41) is 14.2. The van der Waals surface area contributed by atoms with Crippen LogP contribution < -0.4 is 10.2 Å². The van der Waals surface area contributed by atoms with Gasteiger partial charge in [-0.15, -0.1) is 0 Å². The van der Waals surface area contributed by atoms with E-state index >= 15 is 0 Å². The number of nitrogens with one attached hydrogen (secondary N) is 1. The molecule has 24 heavy (non-hydrogen) atoms. The summed E-state index contributed by atoms with van der Waals surface area (Å²) in [4.78, 5) is 11.7. The van der Waals surface area contributed by atoms with Crippen LogP contribution in [0.2, 0.25) is 10.0 Å². The Morgan fingerprint density at radius 2 is 2.00 bits per heavy atom. The summed E-state index contributed by atoms with van der Waals surface area (Å²) < 4.78 is 6.53. The van der Waals surface area contributed by atoms with Gasteiger partial charge in [0, 0.05) is 15.1 Å². The van der Waals surface area contributed by atoms with Crippen LogP contribution in [0.5, 0.6) is 11.5 Å². The van der Waals surface area contributed by atoms with Gasteiger partial charge in [-0.2, -0.15) is 5.10 Å². The molecular weight excluding hydrogens is 487 g/mol. The van der Waals surface area contributed by atoms with Crippen LogP contribution in [0.3, 0.4) is 0 Å². The minimum Gasteiger partial charge on any atom is -0.507 e. The highest BCUT2D eigenvalue weighted by molar-refractivity contribution is 9.11. The summed E-state index contributed by atoms with van der Waals surface area (Å²) in [7, 11) is 0. The number of ether oxygens (including phenoxy) is 1. The van der Waals surface area contributed by atoms with E-state index in [0.717, 1.165) is 0 Å². The normalized spacial score (nSPS) is 10.8. The van der Waals surface area contributed by atoms with E-state index in [0.29, 0.717) is 30.3 Å². The maximum absolute atomic E-state index is 11.7. The molecule has 0 radical (unpaired) electrons. The first-order valence-corrected chi connectivity index (χ1v) is 8.79. The Labute approximate surface area is 164 Å². The molecule has 2 aromatic carbocycles. The second-order valence-electron chi connectivity index (χ2n) is 4.48. The molecule has 0 aliphatic heterocycles. The average Bonchev–Trinajstić information content (AvgIpc) is 2.51. The Hall–Kier alpha value is -1.28. The van der Waals surface area contributed by atoms with Gasteiger partial charge < -0.3 is 9.84 Å². The van der Waals surface area contributed by atoms with Crippen LogP contribution >= 0.6 is 55.1 Å². The van der Waals surface area contributed by atoms with Crippen molar-refractivity contribution in [3.05, 3.63) is 54.9 Å². The highest BCUT2D eigenvalue weighted by Gasteiger charge is 2.07. The molecule has 5 nitrogen and oxygen atoms in total. The fourth-order valence-corrected chi connectivity index (χ4v) is 3.15. The number of benzene rings is 2. The van der Waals surface area contributed by atoms with Gasteiger partial charge in [0.15, 0.2) is 6.61 Å². The summed E-state index contributed by atoms with van der Waals surface area (Å²) in [6.45, 7) is -0.258. The number of aromatic hydroxyl groups is 1. The Bertz CT molecular complexity index is 801. The molecule has 0 aliphatic carbocycles. The van der Waals surface area contributed by atoms with Crippen LogP contribution in [0.4, 0.5) is 0 Å². The van der Waals surface area contributed by atoms with E-state index in [-0.39, 0.29) is 12.4 Å². The lowest BCUT2D eigenvalue weighted by molar-refractivity contribution is -0.123. The summed E-state index contributed by atoms with van der Waals surface area (Å²) >= 11 is 18.2. The summed E-state index contributed by atoms with van der Waals surface area (Å²) in [5.41, 5.74) is 2.91. The van der Waals surface area contributed by atoms with Crippen molar-refractivity contribution in [2.75, 3.05) is 6.61 Å². The fraction of sp³-hybridized carbons (Fsp3) is 0.0667. The van der Waals surface area contributed by atoms with Gasteiger partial charge in [0.25, 0.3) is 5.91 Å². The van der Waals surface area contributed by atoms with Crippen molar-refractivity contribution in [2.45, 2.75) is 0 Å². The topological polar surface area (TPSA) is 70.9 Å². The van der Waals surface area contributed by atoms with Crippen LogP contribution in [0, 0.1) is 0 Å². The van der Waals surface area contributed by atoms with Crippen LogP contribution in [0.25, 0.3) is 0 Å². The Morgan fingerprint density at radius 1 is 1.25 bits per heavy atom. The molecule has 0 spiro atoms. The van der Waals surface area contributed by atoms with Crippen molar-refractivity contribution in [3.63, 3.8) is 0 Å². The number of halogens is 4. The molecule has 0 atom stereocenters. The Kier molecular flexibility index (Phi) is 6.91. The lowest BCUT2D eigenvalue weighted by Crippen LogP contribution is -2.24. The molecule has 0 aromatic heterocycles. The number of hydrogen-bond donors (Lipinski definition) is 2. The van der Waals surface area contributed by atoms with Crippen LogP contribution in [-0.4, -0.2) is 23.8 Å². The number of amides is 1. The number of nitrogens with zero attached hydrogens (tertiary/aromatic N) is 1. The van der Waals surface area contributed by atoms with E-state index in [4.69, 9.17) is 27.9 Å². The summed E-state index contributed by atoms with van der Waals surface area (Å²) in [6.07, 6.45) is 1.39. The number of carbonyl (C=O) groups excluding carboxylic acids is 1. The maximum atomic E-state index is 11.7. The van der Waals surface area contributed by atoms with E-state index < -0.39 is 5.91 Å². The molecule has 126 valence electrons. The predicted molar refractivity (Wildman–Crippen MR) is 101 cm³/mol. The zero-order valence-corrected chi connectivity index (χ0v) is 16.6. The third kappa shape index (κ3) is 5.37. The third-order valence-corrected chi connectivity index (χ3v) is 4.56. The second kappa shape index (κ2) is 8.71. The van der Waals surface area contributed by atoms with Crippen LogP contribution in [-0.2, 0) is 4.79 Å². The van der Waals surface area contributed by atoms with Gasteiger partial charge in [0.2, 0.25) is 0 Å². The number of phenols is 1. The second-order valence-corrected chi connectivity index (χ2v) is 7.03. The molecular formula is C15H10Br2Cl2N2O3. The summed E-state index contributed by atoms with van der Waals surface area (Å²) in [5.74, 6) is -0.0535. The van der Waals surface area contributed by atoms with Crippen molar-refractivity contribution in [2.24, 2.45) is 5.10 Å². The standard InChI is InChI=1S/C15H10Br2Cl2N2O3/c16-10-5-11(17)13(22)3-8(10)6-20-21-15(23)7-24-14-2-1-9(18)4-12(14)19/h1-6,22H,7H2,(H,21,23)/b20-6-. The number of carbonyl (C=O) groups is 1. The van der Waals surface area contributed by atoms with E-state index in [9.17, 15) is 9.90 Å². The molecule has 0 aliphatic rings. The van der Waals surface area contributed by atoms with E-state index in [1.807, 2.05) is 0 Å². The monoisotopic (exact) mass is 494 g/mol. The molecule has 0 fully saturated rings. The molecule has 9 heteroatoms. The van der Waals surface area contributed by atoms with Crippen molar-refractivity contribution in [3.8, 4) is 11.5 Å². The lowest BCUT2D eigenvalue weighted by atomic mass is 10.2. The molecule has 2 aromatic rings. The van der Waals surface area contributed by atoms with Gasteiger partial charge in [0.1, 0.15) is 11.5 Å². The molecule has 0 saturated carbocycles. The molecule has 0 heterocycles. The van der Waals surface area contributed by atoms with Crippen molar-refractivity contribution in [1.82, 2.24) is 5.43 Å². The minimum absolute atomic E-state index is 0.0618. The van der Waals surface area contributed by atoms with E-state index in [2.05, 4.69) is 42.4 Å². The van der Waals surface area contributed by atoms with E-state index in [1.165, 1.54) is 18.3 Å². The first kappa shape index (κ1) is 19.1. The van der Waals surface area contributed by atoms with Gasteiger partial charge in [-0.1, -0.05) is 39.1 Å². The quantitative estimate of drug-likeness (QED) is 0.463. The zero-order valence-electron chi connectivity index (χ0n) is 11.9. The van der Waals surface area contributed by atoms with Crippen molar-refractivity contribution in [1.29, 1.82) is 0 Å². The van der Waals surface area contributed by atoms with Gasteiger partial charge in [-0.3, -0.25) is 4.79 Å². The number of hydrazone groups is 1. The van der Waals surface area contributed by atoms with Crippen molar-refractivity contribution >= 4 is 67.2 Å². The van der Waals surface area contributed by atoms with Gasteiger partial charge in [-0.25, -0.2) is 5.43 Å². The smallest absolute Gasteiger partial charge is 0.277 e. The molecule has 0 bridgehead atoms. The summed E-state index contributed by atoms with van der Waals surface area (Å²) in [6, 6.07) is 7.86. The molecule has 1 amide bonds. The first-order chi connectivity index (χ1) is 11.4. The molecule has 0 unspecified atom stereocenters. The average molecular weight is 497 g/mol. The fourth-order valence-electron chi connectivity index (χ4n) is 1.59. The number of phenolic OH excluding ortho intramolecular Hbond substituents is 1. The van der Waals surface area contributed by atoms with Gasteiger partial charge in [0.05, 0.1) is 15.7 Å². The maximum Gasteiger partial charge on any atom is 0.277 e. The van der Waals surface area contributed by atoms with Gasteiger partial charge in [-0.05, 0) is 46.3 Å². The lowest BCUT2D eigenvalue weighted by Gasteiger charge is -2.07.